The molecular formula is C14H22NO3PS. The number of carbonyl (C=O) groups is 1. The Hall–Kier alpha value is -0.770. The van der Waals surface area contributed by atoms with Gasteiger partial charge in [0.05, 0.1) is 14.5 Å². The molecule has 0 aliphatic carbocycles. The Balaban J connectivity index is 2.63. The zero-order chi connectivity index (χ0) is 15.2. The second-order valence-corrected chi connectivity index (χ2v) is 8.25. The molecule has 20 heavy (non-hydrogen) atoms. The van der Waals surface area contributed by atoms with Crippen LogP contribution >= 0.6 is 8.44 Å². The van der Waals surface area contributed by atoms with Crippen LogP contribution in [0.3, 0.4) is 0 Å². The van der Waals surface area contributed by atoms with E-state index in [0.717, 1.165) is 5.56 Å². The summed E-state index contributed by atoms with van der Waals surface area (Å²) in [6, 6.07) is 9.57. The molecule has 0 heterocycles. The molecule has 1 aromatic rings. The van der Waals surface area contributed by atoms with Gasteiger partial charge >= 0.3 is 6.09 Å². The lowest BCUT2D eigenvalue weighted by Gasteiger charge is -2.23. The molecule has 2 unspecified atom stereocenters. The van der Waals surface area contributed by atoms with Crippen LogP contribution in [-0.2, 0) is 22.0 Å². The Bertz CT molecular complexity index is 420. The van der Waals surface area contributed by atoms with E-state index < -0.39 is 22.5 Å². The predicted octanol–water partition coefficient (Wildman–Crippen LogP) is 2.66. The first-order valence-corrected chi connectivity index (χ1v) is 9.22. The fourth-order valence-corrected chi connectivity index (χ4v) is 3.02. The van der Waals surface area contributed by atoms with Gasteiger partial charge in [-0.25, -0.2) is 4.79 Å². The van der Waals surface area contributed by atoms with Gasteiger partial charge in [0, 0.05) is 0 Å². The molecule has 0 saturated carbocycles. The Morgan fingerprint density at radius 2 is 2.00 bits per heavy atom. The van der Waals surface area contributed by atoms with Gasteiger partial charge < -0.3 is 14.6 Å². The first-order valence-electron chi connectivity index (χ1n) is 6.42. The molecule has 6 heteroatoms. The summed E-state index contributed by atoms with van der Waals surface area (Å²) in [5.74, 6) is 0.374. The van der Waals surface area contributed by atoms with E-state index in [9.17, 15) is 9.35 Å². The third kappa shape index (κ3) is 7.73. The van der Waals surface area contributed by atoms with Crippen molar-refractivity contribution in [2.24, 2.45) is 0 Å². The second kappa shape index (κ2) is 7.87. The van der Waals surface area contributed by atoms with Crippen LogP contribution in [0, 0.1) is 0 Å². The lowest BCUT2D eigenvalue weighted by molar-refractivity contribution is 0.0509. The van der Waals surface area contributed by atoms with Crippen molar-refractivity contribution in [1.29, 1.82) is 0 Å². The third-order valence-electron chi connectivity index (χ3n) is 2.41. The van der Waals surface area contributed by atoms with Gasteiger partial charge in [-0.2, -0.15) is 0 Å². The van der Waals surface area contributed by atoms with Crippen molar-refractivity contribution < 1.29 is 14.1 Å². The topological polar surface area (TPSA) is 61.4 Å². The minimum absolute atomic E-state index is 0.217. The molecule has 3 atom stereocenters. The van der Waals surface area contributed by atoms with Crippen LogP contribution in [0.1, 0.15) is 26.3 Å². The largest absolute Gasteiger partial charge is 0.615 e. The predicted molar refractivity (Wildman–Crippen MR) is 86.0 cm³/mol. The standard InChI is InChI=1S/C14H22NO3PS/c1-14(2,3)18-13(16)15-12(10-20(17)19)9-11-7-5-4-6-8-11/h4-8,12H,9-10,19H2,1-3H3,(H,15,16)/t12-,20?/m0/s1. The minimum Gasteiger partial charge on any atom is -0.615 e. The first kappa shape index (κ1) is 17.3. The number of alkyl carbamates (subject to hydrolysis) is 1. The maximum Gasteiger partial charge on any atom is 0.408 e. The van der Waals surface area contributed by atoms with Gasteiger partial charge in [0.2, 0.25) is 0 Å². The average molecular weight is 315 g/mol. The van der Waals surface area contributed by atoms with Crippen molar-refractivity contribution >= 4 is 25.3 Å². The number of benzene rings is 1. The summed E-state index contributed by atoms with van der Waals surface area (Å²) in [6.07, 6.45) is 0.147. The molecule has 0 radical (unpaired) electrons. The molecule has 1 N–H and O–H groups in total. The smallest absolute Gasteiger partial charge is 0.408 e. The highest BCUT2D eigenvalue weighted by Crippen LogP contribution is 2.11. The van der Waals surface area contributed by atoms with Crippen LogP contribution in [0.4, 0.5) is 4.79 Å². The highest BCUT2D eigenvalue weighted by Gasteiger charge is 2.22. The maximum absolute atomic E-state index is 11.8. The van der Waals surface area contributed by atoms with Gasteiger partial charge in [0.1, 0.15) is 11.4 Å². The lowest BCUT2D eigenvalue weighted by atomic mass is 10.1. The van der Waals surface area contributed by atoms with Gasteiger partial charge in [0.15, 0.2) is 0 Å². The average Bonchev–Trinajstić information content (AvgIpc) is 2.26. The SMILES string of the molecule is CC(C)(C)OC(=O)N[C@@H](Cc1ccccc1)C[S+]([O-])P. The van der Waals surface area contributed by atoms with Crippen molar-refractivity contribution in [3.63, 3.8) is 0 Å². The lowest BCUT2D eigenvalue weighted by Crippen LogP contribution is -2.43. The quantitative estimate of drug-likeness (QED) is 0.671. The highest BCUT2D eigenvalue weighted by molar-refractivity contribution is 8.37. The van der Waals surface area contributed by atoms with E-state index in [0.29, 0.717) is 12.2 Å². The van der Waals surface area contributed by atoms with E-state index in [1.54, 1.807) is 0 Å². The van der Waals surface area contributed by atoms with E-state index in [1.807, 2.05) is 51.1 Å². The molecule has 1 aromatic carbocycles. The van der Waals surface area contributed by atoms with Crippen molar-refractivity contribution in [1.82, 2.24) is 5.32 Å². The molecule has 1 amide bonds. The first-order chi connectivity index (χ1) is 9.26. The molecule has 0 spiro atoms. The Labute approximate surface area is 125 Å². The van der Waals surface area contributed by atoms with E-state index in [2.05, 4.69) is 13.8 Å². The summed E-state index contributed by atoms with van der Waals surface area (Å²) < 4.78 is 16.6. The summed E-state index contributed by atoms with van der Waals surface area (Å²) in [4.78, 5) is 11.8. The Morgan fingerprint density at radius 3 is 2.50 bits per heavy atom. The Morgan fingerprint density at radius 1 is 1.40 bits per heavy atom. The van der Waals surface area contributed by atoms with Crippen molar-refractivity contribution in [2.45, 2.75) is 38.8 Å². The number of nitrogens with one attached hydrogen (secondary N) is 1. The molecule has 0 aliphatic heterocycles. The van der Waals surface area contributed by atoms with Gasteiger partial charge in [-0.15, -0.1) is 0 Å². The summed E-state index contributed by atoms with van der Waals surface area (Å²) in [5.41, 5.74) is 0.547. The van der Waals surface area contributed by atoms with Crippen LogP contribution in [0.5, 0.6) is 0 Å². The monoisotopic (exact) mass is 315 g/mol. The van der Waals surface area contributed by atoms with Crippen molar-refractivity contribution in [2.75, 3.05) is 5.75 Å². The van der Waals surface area contributed by atoms with E-state index in [-0.39, 0.29) is 6.04 Å². The molecule has 112 valence electrons. The van der Waals surface area contributed by atoms with Crippen LogP contribution in [0.25, 0.3) is 0 Å². The highest BCUT2D eigenvalue weighted by atomic mass is 32.7. The maximum atomic E-state index is 11.8. The molecule has 4 nitrogen and oxygen atoms in total. The van der Waals surface area contributed by atoms with Crippen LogP contribution in [0.15, 0.2) is 30.3 Å². The van der Waals surface area contributed by atoms with Gasteiger partial charge in [-0.1, -0.05) is 30.3 Å². The van der Waals surface area contributed by atoms with Gasteiger partial charge in [-0.3, -0.25) is 0 Å². The van der Waals surface area contributed by atoms with Crippen LogP contribution in [0.2, 0.25) is 0 Å². The second-order valence-electron chi connectivity index (χ2n) is 5.58. The normalized spacial score (nSPS) is 14.4. The fraction of sp³-hybridized carbons (Fsp3) is 0.500. The molecule has 0 saturated heterocycles. The molecule has 0 bridgehead atoms. The number of ether oxygens (including phenoxy) is 1. The number of amides is 1. The molecule has 0 aromatic heterocycles. The summed E-state index contributed by atoms with van der Waals surface area (Å²) >= 11 is 0. The van der Waals surface area contributed by atoms with Crippen molar-refractivity contribution in [3.05, 3.63) is 35.9 Å². The molecule has 0 fully saturated rings. The van der Waals surface area contributed by atoms with Crippen LogP contribution < -0.4 is 5.32 Å². The number of hydrogen-bond acceptors (Lipinski definition) is 3. The van der Waals surface area contributed by atoms with Crippen molar-refractivity contribution in [3.8, 4) is 0 Å². The molecule has 1 rings (SSSR count). The van der Waals surface area contributed by atoms with E-state index in [4.69, 9.17) is 4.74 Å². The Kier molecular flexibility index (Phi) is 6.80. The minimum atomic E-state index is -1.06. The van der Waals surface area contributed by atoms with Crippen LogP contribution in [-0.4, -0.2) is 28.0 Å². The molecule has 0 aliphatic rings. The summed E-state index contributed by atoms with van der Waals surface area (Å²) in [6.45, 7) is 5.44. The zero-order valence-corrected chi connectivity index (χ0v) is 14.1. The summed E-state index contributed by atoms with van der Waals surface area (Å²) in [7, 11) is 1.19. The van der Waals surface area contributed by atoms with Gasteiger partial charge in [-0.05, 0) is 43.6 Å². The van der Waals surface area contributed by atoms with E-state index >= 15 is 0 Å². The zero-order valence-electron chi connectivity index (χ0n) is 12.1. The number of rotatable bonds is 5. The molecular weight excluding hydrogens is 293 g/mol. The fourth-order valence-electron chi connectivity index (χ4n) is 1.72. The van der Waals surface area contributed by atoms with E-state index in [1.165, 1.54) is 0 Å². The summed E-state index contributed by atoms with van der Waals surface area (Å²) in [5, 5.41) is 2.79. The number of carbonyl (C=O) groups excluding carboxylic acids is 1. The third-order valence-corrected chi connectivity index (χ3v) is 3.72. The number of hydrogen-bond donors (Lipinski definition) is 1. The van der Waals surface area contributed by atoms with Gasteiger partial charge in [0.25, 0.3) is 0 Å².